The molecule has 2 saturated heterocycles. The molecule has 0 aromatic heterocycles. The van der Waals surface area contributed by atoms with Gasteiger partial charge in [0.05, 0.1) is 38.2 Å². The van der Waals surface area contributed by atoms with Crippen molar-refractivity contribution in [2.24, 2.45) is 11.3 Å². The van der Waals surface area contributed by atoms with E-state index in [9.17, 15) is 4.79 Å². The number of hydrogen-bond acceptors (Lipinski definition) is 2. The molecule has 2 aliphatic rings. The van der Waals surface area contributed by atoms with Crippen molar-refractivity contribution in [2.45, 2.75) is 58.9 Å². The fourth-order valence-corrected chi connectivity index (χ4v) is 3.83. The zero-order valence-corrected chi connectivity index (χ0v) is 13.1. The zero-order valence-electron chi connectivity index (χ0n) is 13.1. The second-order valence-electron chi connectivity index (χ2n) is 7.74. The molecule has 0 spiro atoms. The minimum atomic E-state index is -0.376. The number of carbonyl (C=O) groups is 1. The predicted molar refractivity (Wildman–Crippen MR) is 76.7 cm³/mol. The van der Waals surface area contributed by atoms with Crippen LogP contribution >= 0.6 is 0 Å². The summed E-state index contributed by atoms with van der Waals surface area (Å²) in [4.78, 5) is 11.9. The lowest BCUT2D eigenvalue weighted by Crippen LogP contribution is -2.61. The second-order valence-corrected chi connectivity index (χ2v) is 7.74. The van der Waals surface area contributed by atoms with Crippen LogP contribution in [-0.2, 0) is 9.53 Å². The summed E-state index contributed by atoms with van der Waals surface area (Å²) in [5.74, 6) is 0.522. The van der Waals surface area contributed by atoms with Crippen LogP contribution in [0.4, 0.5) is 0 Å². The van der Waals surface area contributed by atoms with Crippen molar-refractivity contribution in [2.75, 3.05) is 26.7 Å². The summed E-state index contributed by atoms with van der Waals surface area (Å²) in [6.45, 7) is 9.04. The summed E-state index contributed by atoms with van der Waals surface area (Å²) in [5, 5.41) is 0. The van der Waals surface area contributed by atoms with E-state index < -0.39 is 0 Å². The molecule has 2 fully saturated rings. The number of carbonyl (C=O) groups excluding carboxylic acids is 1. The third-order valence-corrected chi connectivity index (χ3v) is 5.05. The van der Waals surface area contributed by atoms with E-state index in [0.717, 1.165) is 6.04 Å². The molecule has 2 aliphatic heterocycles. The van der Waals surface area contributed by atoms with Gasteiger partial charge in [0.2, 0.25) is 0 Å². The first-order valence-corrected chi connectivity index (χ1v) is 7.84. The number of quaternary nitrogens is 1. The van der Waals surface area contributed by atoms with Crippen molar-refractivity contribution < 1.29 is 14.0 Å². The van der Waals surface area contributed by atoms with Crippen LogP contribution in [-0.4, -0.2) is 43.2 Å². The maximum absolute atomic E-state index is 11.9. The lowest BCUT2D eigenvalue weighted by atomic mass is 9.82. The molecule has 0 N–H and O–H groups in total. The second kappa shape index (κ2) is 5.43. The van der Waals surface area contributed by atoms with Crippen molar-refractivity contribution in [1.82, 2.24) is 0 Å². The number of nitrogens with zero attached hydrogens (tertiary/aromatic N) is 1. The smallest absolute Gasteiger partial charge is 0.311 e. The molecule has 0 aromatic carbocycles. The van der Waals surface area contributed by atoms with Crippen LogP contribution in [0.25, 0.3) is 0 Å². The van der Waals surface area contributed by atoms with Gasteiger partial charge in [-0.25, -0.2) is 0 Å². The van der Waals surface area contributed by atoms with Gasteiger partial charge >= 0.3 is 5.97 Å². The molecular formula is C16H30NO2+. The normalized spacial score (nSPS) is 35.6. The Morgan fingerprint density at radius 1 is 1.16 bits per heavy atom. The van der Waals surface area contributed by atoms with Gasteiger partial charge in [0.1, 0.15) is 0 Å². The van der Waals surface area contributed by atoms with Gasteiger partial charge in [-0.05, 0) is 46.5 Å². The SMILES string of the molecule is CC(C)(C)C(=O)OC[C@H]1CCC[N+]2(C)CCCC[C@H]12. The number of ether oxygens (including phenoxy) is 1. The van der Waals surface area contributed by atoms with Crippen LogP contribution < -0.4 is 0 Å². The summed E-state index contributed by atoms with van der Waals surface area (Å²) in [5.41, 5.74) is -0.376. The fourth-order valence-electron chi connectivity index (χ4n) is 3.83. The van der Waals surface area contributed by atoms with Gasteiger partial charge in [-0.3, -0.25) is 4.79 Å². The molecule has 0 amide bonds. The Labute approximate surface area is 117 Å². The fraction of sp³-hybridized carbons (Fsp3) is 0.938. The number of hydrogen-bond donors (Lipinski definition) is 0. The summed E-state index contributed by atoms with van der Waals surface area (Å²) >= 11 is 0. The van der Waals surface area contributed by atoms with Crippen LogP contribution in [0.1, 0.15) is 52.9 Å². The topological polar surface area (TPSA) is 26.3 Å². The molecule has 2 heterocycles. The highest BCUT2D eigenvalue weighted by atomic mass is 16.5. The Morgan fingerprint density at radius 2 is 1.84 bits per heavy atom. The third-order valence-electron chi connectivity index (χ3n) is 5.05. The standard InChI is InChI=1S/C16H30NO2/c1-16(2,3)15(18)19-12-13-8-7-11-17(4)10-6-5-9-14(13)17/h13-14H,5-12H2,1-4H3/q+1/t13-,14-,17?/m1/s1. The lowest BCUT2D eigenvalue weighted by Gasteiger charge is -2.51. The van der Waals surface area contributed by atoms with Gasteiger partial charge in [0, 0.05) is 12.3 Å². The first-order chi connectivity index (χ1) is 8.83. The number of piperidine rings is 2. The highest BCUT2D eigenvalue weighted by molar-refractivity contribution is 5.75. The van der Waals surface area contributed by atoms with Gasteiger partial charge in [-0.2, -0.15) is 0 Å². The first-order valence-electron chi connectivity index (χ1n) is 7.84. The van der Waals surface area contributed by atoms with Gasteiger partial charge < -0.3 is 9.22 Å². The summed E-state index contributed by atoms with van der Waals surface area (Å²) in [6, 6.07) is 0.718. The van der Waals surface area contributed by atoms with E-state index in [-0.39, 0.29) is 11.4 Å². The number of fused-ring (bicyclic) bond motifs is 1. The Hall–Kier alpha value is -0.570. The van der Waals surface area contributed by atoms with Gasteiger partial charge in [-0.15, -0.1) is 0 Å². The monoisotopic (exact) mass is 268 g/mol. The van der Waals surface area contributed by atoms with E-state index in [2.05, 4.69) is 7.05 Å². The summed E-state index contributed by atoms with van der Waals surface area (Å²) in [6.07, 6.45) is 6.54. The molecule has 0 saturated carbocycles. The average molecular weight is 268 g/mol. The van der Waals surface area contributed by atoms with Crippen LogP contribution in [0.15, 0.2) is 0 Å². The van der Waals surface area contributed by atoms with Crippen molar-refractivity contribution in [1.29, 1.82) is 0 Å². The minimum absolute atomic E-state index is 0.0527. The molecule has 3 nitrogen and oxygen atoms in total. The van der Waals surface area contributed by atoms with Crippen molar-refractivity contribution in [3.8, 4) is 0 Å². The van der Waals surface area contributed by atoms with E-state index in [1.165, 1.54) is 49.7 Å². The Bertz CT molecular complexity index is 330. The van der Waals surface area contributed by atoms with Gasteiger partial charge in [-0.1, -0.05) is 0 Å². The number of rotatable bonds is 2. The molecule has 0 radical (unpaired) electrons. The molecule has 0 aliphatic carbocycles. The van der Waals surface area contributed by atoms with E-state index in [1.807, 2.05) is 20.8 Å². The molecule has 1 unspecified atom stereocenters. The van der Waals surface area contributed by atoms with E-state index >= 15 is 0 Å². The molecule has 3 atom stereocenters. The summed E-state index contributed by atoms with van der Waals surface area (Å²) in [7, 11) is 2.40. The molecule has 0 aromatic rings. The molecule has 2 rings (SSSR count). The Kier molecular flexibility index (Phi) is 4.24. The van der Waals surface area contributed by atoms with E-state index in [4.69, 9.17) is 4.74 Å². The Morgan fingerprint density at radius 3 is 2.53 bits per heavy atom. The zero-order chi connectivity index (χ0) is 14.1. The maximum atomic E-state index is 11.9. The van der Waals surface area contributed by atoms with Crippen LogP contribution in [0, 0.1) is 11.3 Å². The van der Waals surface area contributed by atoms with Crippen LogP contribution in [0.5, 0.6) is 0 Å². The lowest BCUT2D eigenvalue weighted by molar-refractivity contribution is -0.947. The van der Waals surface area contributed by atoms with Crippen molar-refractivity contribution in [3.63, 3.8) is 0 Å². The van der Waals surface area contributed by atoms with E-state index in [1.54, 1.807) is 0 Å². The summed E-state index contributed by atoms with van der Waals surface area (Å²) < 4.78 is 6.81. The quantitative estimate of drug-likeness (QED) is 0.568. The van der Waals surface area contributed by atoms with Gasteiger partial charge in [0.15, 0.2) is 0 Å². The molecule has 3 heteroatoms. The minimum Gasteiger partial charge on any atom is -0.465 e. The Balaban J connectivity index is 1.94. The number of esters is 1. The van der Waals surface area contributed by atoms with Crippen molar-refractivity contribution >= 4 is 5.97 Å². The average Bonchev–Trinajstić information content (AvgIpc) is 2.33. The largest absolute Gasteiger partial charge is 0.465 e. The molecular weight excluding hydrogens is 238 g/mol. The van der Waals surface area contributed by atoms with E-state index in [0.29, 0.717) is 12.5 Å². The highest BCUT2D eigenvalue weighted by Crippen LogP contribution is 2.36. The first kappa shape index (κ1) is 14.8. The van der Waals surface area contributed by atoms with Gasteiger partial charge in [0.25, 0.3) is 0 Å². The van der Waals surface area contributed by atoms with Crippen molar-refractivity contribution in [3.05, 3.63) is 0 Å². The molecule has 19 heavy (non-hydrogen) atoms. The van der Waals surface area contributed by atoms with Crippen LogP contribution in [0.3, 0.4) is 0 Å². The third kappa shape index (κ3) is 3.31. The predicted octanol–water partition coefficient (Wildman–Crippen LogP) is 2.98. The molecule has 0 bridgehead atoms. The van der Waals surface area contributed by atoms with Crippen LogP contribution in [0.2, 0.25) is 0 Å². The highest BCUT2D eigenvalue weighted by Gasteiger charge is 2.44. The molecule has 110 valence electrons. The maximum Gasteiger partial charge on any atom is 0.311 e.